The van der Waals surface area contributed by atoms with Crippen molar-refractivity contribution in [2.24, 2.45) is 5.73 Å². The number of anilines is 1. The lowest BCUT2D eigenvalue weighted by Gasteiger charge is -2.29. The number of piperazine rings is 1. The maximum absolute atomic E-state index is 12.8. The van der Waals surface area contributed by atoms with Gasteiger partial charge in [0.15, 0.2) is 0 Å². The number of carbonyl (C=O) groups is 2. The predicted molar refractivity (Wildman–Crippen MR) is 146 cm³/mol. The summed E-state index contributed by atoms with van der Waals surface area (Å²) in [5.41, 5.74) is 6.92. The molecule has 4 rings (SSSR count). The molecule has 1 aromatic carbocycles. The molecule has 248 valence electrons. The SMILES string of the molecule is NCC(Cn1ncn(Cc2ccc(-c3ccc(N4CCNCC4)cc3)s2)c1=O)=C(F)F.O=C(O)C(F)(F)F.O=C(O)C(F)(F)F. The molecule has 0 amide bonds. The fourth-order valence-electron chi connectivity index (χ4n) is 3.52. The molecule has 0 radical (unpaired) electrons. The maximum Gasteiger partial charge on any atom is 0.490 e. The number of hydrogen-bond donors (Lipinski definition) is 4. The molecule has 1 aliphatic heterocycles. The number of alkyl halides is 6. The van der Waals surface area contributed by atoms with Crippen LogP contribution < -0.4 is 21.6 Å². The zero-order chi connectivity index (χ0) is 33.9. The number of nitrogens with zero attached hydrogens (tertiary/aromatic N) is 4. The standard InChI is InChI=1S/C21H24F2N6OS.2C2HF3O2/c22-20(23)16(11-24)12-29-21(30)28(14-26-29)13-18-5-6-19(31-18)15-1-3-17(4-2-15)27-9-7-25-8-10-27;2*3-2(4,5)1(6)7/h1-6,14,25H,7-13,24H2;2*(H,6,7). The number of nitrogens with two attached hydrogens (primary N) is 1. The Kier molecular flexibility index (Phi) is 13.2. The molecule has 0 aliphatic carbocycles. The first-order chi connectivity index (χ1) is 20.9. The van der Waals surface area contributed by atoms with Crippen LogP contribution in [0, 0.1) is 0 Å². The number of benzene rings is 1. The Balaban J connectivity index is 0.000000421. The highest BCUT2D eigenvalue weighted by atomic mass is 32.1. The summed E-state index contributed by atoms with van der Waals surface area (Å²) in [6.07, 6.45) is -10.7. The summed E-state index contributed by atoms with van der Waals surface area (Å²) in [7, 11) is 0. The monoisotopic (exact) mass is 674 g/mol. The minimum Gasteiger partial charge on any atom is -0.475 e. The third-order valence-corrected chi connectivity index (χ3v) is 6.88. The summed E-state index contributed by atoms with van der Waals surface area (Å²) in [6.45, 7) is 3.72. The molecule has 0 bridgehead atoms. The number of carboxylic acids is 2. The van der Waals surface area contributed by atoms with Gasteiger partial charge >= 0.3 is 30.0 Å². The van der Waals surface area contributed by atoms with E-state index in [-0.39, 0.29) is 18.7 Å². The molecule has 45 heavy (non-hydrogen) atoms. The minimum absolute atomic E-state index is 0.296. The van der Waals surface area contributed by atoms with Crippen molar-refractivity contribution in [3.05, 3.63) is 69.7 Å². The average molecular weight is 675 g/mol. The van der Waals surface area contributed by atoms with Crippen LogP contribution in [0.15, 0.2) is 59.2 Å². The Morgan fingerprint density at radius 3 is 1.93 bits per heavy atom. The summed E-state index contributed by atoms with van der Waals surface area (Å²) >= 11 is 1.59. The largest absolute Gasteiger partial charge is 0.490 e. The van der Waals surface area contributed by atoms with Crippen molar-refractivity contribution in [2.75, 3.05) is 37.6 Å². The molecular formula is C25H26F8N6O5S. The van der Waals surface area contributed by atoms with E-state index in [1.54, 1.807) is 11.3 Å². The van der Waals surface area contributed by atoms with Crippen LogP contribution in [0.2, 0.25) is 0 Å². The second-order valence-electron chi connectivity index (χ2n) is 8.92. The van der Waals surface area contributed by atoms with Gasteiger partial charge in [0.25, 0.3) is 6.08 Å². The van der Waals surface area contributed by atoms with Gasteiger partial charge in [-0.05, 0) is 29.8 Å². The lowest BCUT2D eigenvalue weighted by atomic mass is 10.1. The Hall–Kier alpha value is -4.30. The van der Waals surface area contributed by atoms with E-state index in [1.807, 2.05) is 12.1 Å². The van der Waals surface area contributed by atoms with Crippen LogP contribution in [0.5, 0.6) is 0 Å². The predicted octanol–water partition coefficient (Wildman–Crippen LogP) is 3.61. The lowest BCUT2D eigenvalue weighted by molar-refractivity contribution is -0.193. The third-order valence-electron chi connectivity index (χ3n) is 5.76. The second-order valence-corrected chi connectivity index (χ2v) is 10.1. The molecule has 1 fully saturated rings. The van der Waals surface area contributed by atoms with E-state index in [0.29, 0.717) is 6.54 Å². The maximum atomic E-state index is 12.8. The van der Waals surface area contributed by atoms with E-state index < -0.39 is 36.1 Å². The van der Waals surface area contributed by atoms with Crippen molar-refractivity contribution in [2.45, 2.75) is 25.4 Å². The van der Waals surface area contributed by atoms with Crippen LogP contribution >= 0.6 is 11.3 Å². The van der Waals surface area contributed by atoms with Gasteiger partial charge in [-0.2, -0.15) is 40.2 Å². The zero-order valence-corrected chi connectivity index (χ0v) is 23.7. The highest BCUT2D eigenvalue weighted by molar-refractivity contribution is 7.15. The Labute approximate surface area is 252 Å². The minimum atomic E-state index is -5.08. The van der Waals surface area contributed by atoms with Crippen LogP contribution in [0.3, 0.4) is 0 Å². The van der Waals surface area contributed by atoms with E-state index in [9.17, 15) is 39.9 Å². The topological polar surface area (TPSA) is 156 Å². The molecule has 2 aromatic heterocycles. The average Bonchev–Trinajstić information content (AvgIpc) is 3.58. The Morgan fingerprint density at radius 2 is 1.47 bits per heavy atom. The summed E-state index contributed by atoms with van der Waals surface area (Å²) in [5, 5.41) is 21.5. The second kappa shape index (κ2) is 16.1. The van der Waals surface area contributed by atoms with Gasteiger partial charge in [0, 0.05) is 53.7 Å². The summed E-state index contributed by atoms with van der Waals surface area (Å²) in [5.74, 6) is -5.51. The quantitative estimate of drug-likeness (QED) is 0.275. The molecular weight excluding hydrogens is 648 g/mol. The van der Waals surface area contributed by atoms with Crippen molar-refractivity contribution < 1.29 is 54.9 Å². The number of nitrogens with one attached hydrogen (secondary N) is 1. The molecule has 3 aromatic rings. The van der Waals surface area contributed by atoms with Gasteiger partial charge < -0.3 is 26.2 Å². The molecule has 11 nitrogen and oxygen atoms in total. The van der Waals surface area contributed by atoms with Gasteiger partial charge in [0.1, 0.15) is 6.33 Å². The van der Waals surface area contributed by atoms with E-state index >= 15 is 0 Å². The zero-order valence-electron chi connectivity index (χ0n) is 22.9. The Morgan fingerprint density at radius 1 is 0.933 bits per heavy atom. The van der Waals surface area contributed by atoms with Gasteiger partial charge in [-0.1, -0.05) is 12.1 Å². The van der Waals surface area contributed by atoms with Gasteiger partial charge in [0.05, 0.1) is 13.1 Å². The van der Waals surface area contributed by atoms with Crippen LogP contribution in [0.1, 0.15) is 4.88 Å². The lowest BCUT2D eigenvalue weighted by Crippen LogP contribution is -2.43. The van der Waals surface area contributed by atoms with E-state index in [4.69, 9.17) is 25.5 Å². The molecule has 0 saturated carbocycles. The Bertz CT molecular complexity index is 1480. The number of rotatable bonds is 7. The molecule has 3 heterocycles. The van der Waals surface area contributed by atoms with Gasteiger partial charge in [0.2, 0.25) is 0 Å². The first-order valence-electron chi connectivity index (χ1n) is 12.5. The van der Waals surface area contributed by atoms with Crippen LogP contribution in [-0.4, -0.2) is 81.6 Å². The van der Waals surface area contributed by atoms with Crippen molar-refractivity contribution in [1.29, 1.82) is 0 Å². The normalized spacial score (nSPS) is 13.2. The summed E-state index contributed by atoms with van der Waals surface area (Å²) < 4.78 is 91.5. The van der Waals surface area contributed by atoms with Crippen LogP contribution in [0.25, 0.3) is 10.4 Å². The number of carboxylic acid groups (broad SMARTS) is 2. The fourth-order valence-corrected chi connectivity index (χ4v) is 4.53. The molecule has 0 unspecified atom stereocenters. The van der Waals surface area contributed by atoms with E-state index in [1.165, 1.54) is 16.6 Å². The highest BCUT2D eigenvalue weighted by Crippen LogP contribution is 2.30. The smallest absolute Gasteiger partial charge is 0.475 e. The molecule has 0 atom stereocenters. The molecule has 5 N–H and O–H groups in total. The molecule has 1 aliphatic rings. The number of hydrogen-bond acceptors (Lipinski definition) is 8. The number of halogens is 8. The highest BCUT2D eigenvalue weighted by Gasteiger charge is 2.38. The van der Waals surface area contributed by atoms with Gasteiger partial charge in [-0.25, -0.2) is 19.1 Å². The van der Waals surface area contributed by atoms with E-state index in [2.05, 4.69) is 39.6 Å². The fraction of sp³-hybridized carbons (Fsp3) is 0.360. The number of aliphatic carboxylic acids is 2. The van der Waals surface area contributed by atoms with Gasteiger partial charge in [-0.15, -0.1) is 11.3 Å². The molecule has 20 heteroatoms. The first-order valence-corrected chi connectivity index (χ1v) is 13.4. The number of aromatic nitrogens is 3. The summed E-state index contributed by atoms with van der Waals surface area (Å²) in [4.78, 5) is 34.7. The van der Waals surface area contributed by atoms with Crippen molar-refractivity contribution >= 4 is 29.0 Å². The van der Waals surface area contributed by atoms with Crippen LogP contribution in [0.4, 0.5) is 40.8 Å². The number of thiophene rings is 1. The van der Waals surface area contributed by atoms with Gasteiger partial charge in [-0.3, -0.25) is 4.57 Å². The molecule has 1 saturated heterocycles. The van der Waals surface area contributed by atoms with Crippen molar-refractivity contribution in [3.63, 3.8) is 0 Å². The van der Waals surface area contributed by atoms with Crippen molar-refractivity contribution in [1.82, 2.24) is 19.7 Å². The summed E-state index contributed by atoms with van der Waals surface area (Å²) in [6, 6.07) is 12.5. The van der Waals surface area contributed by atoms with E-state index in [0.717, 1.165) is 46.2 Å². The molecule has 0 spiro atoms. The third kappa shape index (κ3) is 11.6. The van der Waals surface area contributed by atoms with Crippen molar-refractivity contribution in [3.8, 4) is 10.4 Å². The first kappa shape index (κ1) is 36.9. The van der Waals surface area contributed by atoms with Crippen LogP contribution in [-0.2, 0) is 22.7 Å².